The van der Waals surface area contributed by atoms with Gasteiger partial charge < -0.3 is 10.6 Å². The molecule has 0 saturated carbocycles. The molecule has 108 valence electrons. The molecule has 0 bridgehead atoms. The van der Waals surface area contributed by atoms with Gasteiger partial charge in [0.05, 0.1) is 10.2 Å². The van der Waals surface area contributed by atoms with E-state index < -0.39 is 0 Å². The maximum absolute atomic E-state index is 5.71. The average Bonchev–Trinajstić information content (AvgIpc) is 2.96. The van der Waals surface area contributed by atoms with Crippen molar-refractivity contribution in [3.8, 4) is 0 Å². The number of hydrogen-bond donors (Lipinski definition) is 1. The van der Waals surface area contributed by atoms with E-state index in [-0.39, 0.29) is 0 Å². The van der Waals surface area contributed by atoms with E-state index >= 15 is 0 Å². The smallest absolute Gasteiger partial charge is 0.150 e. The second-order valence-corrected chi connectivity index (χ2v) is 6.38. The Labute approximate surface area is 123 Å². The summed E-state index contributed by atoms with van der Waals surface area (Å²) in [5.74, 6) is 1.67. The van der Waals surface area contributed by atoms with Gasteiger partial charge in [0.25, 0.3) is 0 Å². The number of aromatic nitrogens is 2. The summed E-state index contributed by atoms with van der Waals surface area (Å²) in [4.78, 5) is 13.7. The van der Waals surface area contributed by atoms with Crippen LogP contribution >= 0.6 is 11.3 Å². The van der Waals surface area contributed by atoms with Gasteiger partial charge in [-0.2, -0.15) is 0 Å². The van der Waals surface area contributed by atoms with Crippen LogP contribution in [0.1, 0.15) is 6.92 Å². The predicted molar refractivity (Wildman–Crippen MR) is 84.3 cm³/mol. The number of nitrogens with zero attached hydrogens (tertiary/aromatic N) is 4. The van der Waals surface area contributed by atoms with E-state index in [2.05, 4.69) is 38.1 Å². The largest absolute Gasteiger partial charge is 0.353 e. The number of anilines is 1. The highest BCUT2D eigenvalue weighted by atomic mass is 32.1. The molecule has 20 heavy (non-hydrogen) atoms. The number of fused-ring (bicyclic) bond motifs is 1. The highest BCUT2D eigenvalue weighted by Gasteiger charge is 2.21. The molecule has 1 atom stereocenters. The average molecular weight is 291 g/mol. The van der Waals surface area contributed by atoms with Crippen molar-refractivity contribution in [3.63, 3.8) is 0 Å². The van der Waals surface area contributed by atoms with Gasteiger partial charge in [-0.3, -0.25) is 4.90 Å². The molecule has 5 nitrogen and oxygen atoms in total. The van der Waals surface area contributed by atoms with E-state index in [0.29, 0.717) is 5.92 Å². The van der Waals surface area contributed by atoms with Crippen LogP contribution in [0.25, 0.3) is 10.2 Å². The van der Waals surface area contributed by atoms with Crippen molar-refractivity contribution in [1.29, 1.82) is 0 Å². The Morgan fingerprint density at radius 3 is 2.85 bits per heavy atom. The number of thiophene rings is 1. The number of piperazine rings is 1. The summed E-state index contributed by atoms with van der Waals surface area (Å²) >= 11 is 1.73. The molecule has 3 heterocycles. The monoisotopic (exact) mass is 291 g/mol. The maximum atomic E-state index is 5.71. The lowest BCUT2D eigenvalue weighted by atomic mass is 10.1. The normalized spacial score (nSPS) is 18.6. The van der Waals surface area contributed by atoms with Crippen molar-refractivity contribution in [3.05, 3.63) is 17.8 Å². The van der Waals surface area contributed by atoms with Crippen molar-refractivity contribution in [1.82, 2.24) is 14.9 Å². The van der Waals surface area contributed by atoms with Crippen LogP contribution in [0.4, 0.5) is 5.82 Å². The van der Waals surface area contributed by atoms with Gasteiger partial charge in [0.2, 0.25) is 0 Å². The molecule has 0 aromatic carbocycles. The first kappa shape index (κ1) is 13.7. The highest BCUT2D eigenvalue weighted by molar-refractivity contribution is 7.17. The SMILES string of the molecule is CC(CN)CN1CCN(c2ncnc3ccsc23)CC1. The zero-order valence-corrected chi connectivity index (χ0v) is 12.6. The number of nitrogens with two attached hydrogens (primary N) is 1. The molecule has 1 saturated heterocycles. The Morgan fingerprint density at radius 1 is 1.30 bits per heavy atom. The second-order valence-electron chi connectivity index (χ2n) is 5.46. The molecule has 6 heteroatoms. The van der Waals surface area contributed by atoms with Gasteiger partial charge in [0.15, 0.2) is 0 Å². The van der Waals surface area contributed by atoms with Crippen molar-refractivity contribution >= 4 is 27.4 Å². The Balaban J connectivity index is 1.67. The summed E-state index contributed by atoms with van der Waals surface area (Å²) < 4.78 is 1.20. The van der Waals surface area contributed by atoms with Gasteiger partial charge in [-0.1, -0.05) is 6.92 Å². The second kappa shape index (κ2) is 6.03. The molecule has 1 unspecified atom stereocenters. The van der Waals surface area contributed by atoms with Crippen LogP contribution in [0.2, 0.25) is 0 Å². The van der Waals surface area contributed by atoms with E-state index in [0.717, 1.165) is 50.6 Å². The third-order valence-corrected chi connectivity index (χ3v) is 4.77. The van der Waals surface area contributed by atoms with Crippen LogP contribution in [-0.4, -0.2) is 54.1 Å². The summed E-state index contributed by atoms with van der Waals surface area (Å²) in [5.41, 5.74) is 6.76. The Morgan fingerprint density at radius 2 is 2.10 bits per heavy atom. The molecule has 0 radical (unpaired) electrons. The fourth-order valence-corrected chi connectivity index (χ4v) is 3.52. The van der Waals surface area contributed by atoms with E-state index in [4.69, 9.17) is 5.73 Å². The maximum Gasteiger partial charge on any atom is 0.150 e. The Bertz CT molecular complexity index is 561. The van der Waals surface area contributed by atoms with Crippen molar-refractivity contribution < 1.29 is 0 Å². The van der Waals surface area contributed by atoms with Gasteiger partial charge in [-0.05, 0) is 23.9 Å². The van der Waals surface area contributed by atoms with Crippen molar-refractivity contribution in [2.75, 3.05) is 44.2 Å². The summed E-state index contributed by atoms with van der Waals surface area (Å²) in [7, 11) is 0. The van der Waals surface area contributed by atoms with Gasteiger partial charge in [0.1, 0.15) is 12.1 Å². The lowest BCUT2D eigenvalue weighted by Crippen LogP contribution is -2.48. The molecule has 3 rings (SSSR count). The predicted octanol–water partition coefficient (Wildman–Crippen LogP) is 1.41. The van der Waals surface area contributed by atoms with Crippen LogP contribution in [-0.2, 0) is 0 Å². The molecular formula is C14H21N5S. The molecule has 1 aliphatic rings. The molecular weight excluding hydrogens is 270 g/mol. The molecule has 1 fully saturated rings. The van der Waals surface area contributed by atoms with E-state index in [1.165, 1.54) is 4.70 Å². The third-order valence-electron chi connectivity index (χ3n) is 3.87. The van der Waals surface area contributed by atoms with Crippen molar-refractivity contribution in [2.24, 2.45) is 11.7 Å². The fraction of sp³-hybridized carbons (Fsp3) is 0.571. The van der Waals surface area contributed by atoms with Gasteiger partial charge in [-0.15, -0.1) is 11.3 Å². The summed E-state index contributed by atoms with van der Waals surface area (Å²) in [6.45, 7) is 8.31. The lowest BCUT2D eigenvalue weighted by Gasteiger charge is -2.36. The topological polar surface area (TPSA) is 58.3 Å². The first-order chi connectivity index (χ1) is 9.78. The summed E-state index contributed by atoms with van der Waals surface area (Å²) in [5, 5.41) is 2.09. The van der Waals surface area contributed by atoms with Gasteiger partial charge >= 0.3 is 0 Å². The van der Waals surface area contributed by atoms with Crippen molar-refractivity contribution in [2.45, 2.75) is 6.92 Å². The van der Waals surface area contributed by atoms with Gasteiger partial charge in [0, 0.05) is 32.7 Å². The minimum absolute atomic E-state index is 0.574. The molecule has 0 aliphatic carbocycles. The molecule has 2 N–H and O–H groups in total. The first-order valence-corrected chi connectivity index (χ1v) is 8.01. The van der Waals surface area contributed by atoms with Crippen LogP contribution in [0.5, 0.6) is 0 Å². The summed E-state index contributed by atoms with van der Waals surface area (Å²) in [6.07, 6.45) is 1.67. The molecule has 2 aromatic rings. The van der Waals surface area contributed by atoms with Crippen LogP contribution in [0, 0.1) is 5.92 Å². The lowest BCUT2D eigenvalue weighted by molar-refractivity contribution is 0.227. The van der Waals surface area contributed by atoms with E-state index in [9.17, 15) is 0 Å². The Hall–Kier alpha value is -1.24. The summed E-state index contributed by atoms with van der Waals surface area (Å²) in [6, 6.07) is 2.06. The standard InChI is InChI=1S/C14H21N5S/c1-11(8-15)9-18-3-5-19(6-4-18)14-13-12(2-7-20-13)16-10-17-14/h2,7,10-11H,3-6,8-9,15H2,1H3. The fourth-order valence-electron chi connectivity index (χ4n) is 2.66. The highest BCUT2D eigenvalue weighted by Crippen LogP contribution is 2.28. The number of hydrogen-bond acceptors (Lipinski definition) is 6. The zero-order valence-electron chi connectivity index (χ0n) is 11.8. The molecule has 2 aromatic heterocycles. The minimum Gasteiger partial charge on any atom is -0.353 e. The quantitative estimate of drug-likeness (QED) is 0.923. The molecule has 0 amide bonds. The van der Waals surface area contributed by atoms with Crippen LogP contribution < -0.4 is 10.6 Å². The Kier molecular flexibility index (Phi) is 4.14. The molecule has 1 aliphatic heterocycles. The first-order valence-electron chi connectivity index (χ1n) is 7.13. The van der Waals surface area contributed by atoms with Gasteiger partial charge in [-0.25, -0.2) is 9.97 Å². The van der Waals surface area contributed by atoms with E-state index in [1.807, 2.05) is 0 Å². The van der Waals surface area contributed by atoms with Crippen LogP contribution in [0.3, 0.4) is 0 Å². The third kappa shape index (κ3) is 2.77. The minimum atomic E-state index is 0.574. The van der Waals surface area contributed by atoms with E-state index in [1.54, 1.807) is 17.7 Å². The van der Waals surface area contributed by atoms with Crippen LogP contribution in [0.15, 0.2) is 17.8 Å². The zero-order chi connectivity index (χ0) is 13.9. The molecule has 0 spiro atoms. The number of rotatable bonds is 4.